The molecule has 0 bridgehead atoms. The third-order valence-corrected chi connectivity index (χ3v) is 6.09. The summed E-state index contributed by atoms with van der Waals surface area (Å²) in [5, 5.41) is 5.71. The van der Waals surface area contributed by atoms with E-state index < -0.39 is 11.4 Å². The lowest BCUT2D eigenvalue weighted by Gasteiger charge is -2.43. The van der Waals surface area contributed by atoms with Crippen molar-refractivity contribution in [1.82, 2.24) is 25.1 Å². The molecule has 2 aromatic heterocycles. The van der Waals surface area contributed by atoms with Crippen LogP contribution >= 0.6 is 0 Å². The van der Waals surface area contributed by atoms with Crippen molar-refractivity contribution in [2.45, 2.75) is 52.4 Å². The molecule has 9 heteroatoms. The van der Waals surface area contributed by atoms with Crippen molar-refractivity contribution in [2.24, 2.45) is 0 Å². The van der Waals surface area contributed by atoms with Crippen molar-refractivity contribution in [3.05, 3.63) is 77.3 Å². The number of nitrogens with zero attached hydrogens (tertiary/aromatic N) is 3. The molecule has 0 unspecified atom stereocenters. The van der Waals surface area contributed by atoms with Crippen molar-refractivity contribution in [2.75, 3.05) is 6.54 Å². The molecule has 1 aromatic carbocycles. The van der Waals surface area contributed by atoms with Crippen LogP contribution in [0.4, 0.5) is 0 Å². The fourth-order valence-electron chi connectivity index (χ4n) is 4.17. The lowest BCUT2D eigenvalue weighted by molar-refractivity contribution is -0.133. The van der Waals surface area contributed by atoms with Crippen LogP contribution in [0.3, 0.4) is 0 Å². The Balaban J connectivity index is 1.54. The topological polar surface area (TPSA) is 109 Å². The average molecular weight is 464 g/mol. The van der Waals surface area contributed by atoms with Crippen LogP contribution in [0.25, 0.3) is 0 Å². The fourth-order valence-corrected chi connectivity index (χ4v) is 4.17. The van der Waals surface area contributed by atoms with E-state index in [1.807, 2.05) is 38.1 Å². The number of nitrogens with one attached hydrogen (secondary N) is 2. The van der Waals surface area contributed by atoms with Crippen LogP contribution in [0.2, 0.25) is 0 Å². The van der Waals surface area contributed by atoms with E-state index in [1.54, 1.807) is 28.5 Å². The number of carbonyl (C=O) groups is 3. The quantitative estimate of drug-likeness (QED) is 0.534. The molecule has 0 fully saturated rings. The Morgan fingerprint density at radius 1 is 1.15 bits per heavy atom. The third kappa shape index (κ3) is 4.46. The number of benzene rings is 1. The van der Waals surface area contributed by atoms with Gasteiger partial charge in [-0.25, -0.2) is 4.98 Å². The van der Waals surface area contributed by atoms with Crippen molar-refractivity contribution >= 4 is 17.7 Å². The monoisotopic (exact) mass is 463 g/mol. The van der Waals surface area contributed by atoms with Gasteiger partial charge in [0.15, 0.2) is 5.69 Å². The van der Waals surface area contributed by atoms with Gasteiger partial charge in [0.25, 0.3) is 11.8 Å². The molecule has 2 N–H and O–H groups in total. The molecular weight excluding hydrogens is 434 g/mol. The highest BCUT2D eigenvalue weighted by Crippen LogP contribution is 2.29. The van der Waals surface area contributed by atoms with Gasteiger partial charge >= 0.3 is 0 Å². The molecule has 1 aliphatic heterocycles. The van der Waals surface area contributed by atoms with E-state index in [4.69, 9.17) is 4.42 Å². The molecule has 0 saturated carbocycles. The van der Waals surface area contributed by atoms with Gasteiger partial charge < -0.3 is 24.5 Å². The molecule has 1 atom stereocenters. The molecule has 0 radical (unpaired) electrons. The lowest BCUT2D eigenvalue weighted by atomic mass is 9.93. The smallest absolute Gasteiger partial charge is 0.273 e. The van der Waals surface area contributed by atoms with Crippen LogP contribution in [-0.4, -0.2) is 44.3 Å². The molecule has 4 rings (SSSR count). The normalized spacial score (nSPS) is 17.4. The molecule has 3 aromatic rings. The number of fused-ring (bicyclic) bond motifs is 1. The predicted octanol–water partition coefficient (Wildman–Crippen LogP) is 2.66. The number of hydrogen-bond acceptors (Lipinski definition) is 5. The Hall–Kier alpha value is -3.88. The van der Waals surface area contributed by atoms with Crippen molar-refractivity contribution < 1.29 is 18.8 Å². The zero-order valence-electron chi connectivity index (χ0n) is 19.6. The summed E-state index contributed by atoms with van der Waals surface area (Å²) < 4.78 is 6.84. The highest BCUT2D eigenvalue weighted by molar-refractivity contribution is 6.07. The number of carbonyl (C=O) groups excluding carboxylic acids is 3. The minimum absolute atomic E-state index is 0.0415. The second kappa shape index (κ2) is 9.54. The van der Waals surface area contributed by atoms with Gasteiger partial charge in [0.05, 0.1) is 25.7 Å². The Morgan fingerprint density at radius 3 is 2.59 bits per heavy atom. The molecule has 0 aliphatic carbocycles. The van der Waals surface area contributed by atoms with Crippen LogP contribution in [0.1, 0.15) is 58.1 Å². The first-order valence-corrected chi connectivity index (χ1v) is 11.3. The van der Waals surface area contributed by atoms with Crippen LogP contribution in [-0.2, 0) is 24.4 Å². The fraction of sp³-hybridized carbons (Fsp3) is 0.360. The SMILES string of the molecule is CCCN1C(=O)c2c(C(=O)NCc3ccco3)ncn2C[C@@]1(C)C(=O)NCc1ccc(C)cc1. The summed E-state index contributed by atoms with van der Waals surface area (Å²) in [4.78, 5) is 45.4. The van der Waals surface area contributed by atoms with E-state index in [0.29, 0.717) is 25.3 Å². The lowest BCUT2D eigenvalue weighted by Crippen LogP contribution is -2.64. The molecular formula is C25H29N5O4. The Labute approximate surface area is 198 Å². The summed E-state index contributed by atoms with van der Waals surface area (Å²) in [6.45, 7) is 6.84. The van der Waals surface area contributed by atoms with Crippen LogP contribution in [0.5, 0.6) is 0 Å². The number of aryl methyl sites for hydroxylation is 1. The number of rotatable bonds is 8. The summed E-state index contributed by atoms with van der Waals surface area (Å²) in [7, 11) is 0. The van der Waals surface area contributed by atoms with Crippen LogP contribution < -0.4 is 10.6 Å². The first kappa shape index (κ1) is 23.3. The highest BCUT2D eigenvalue weighted by Gasteiger charge is 2.48. The van der Waals surface area contributed by atoms with Gasteiger partial charge in [0.1, 0.15) is 17.0 Å². The molecule has 0 saturated heterocycles. The van der Waals surface area contributed by atoms with Crippen LogP contribution in [0.15, 0.2) is 53.4 Å². The maximum absolute atomic E-state index is 13.5. The predicted molar refractivity (Wildman–Crippen MR) is 125 cm³/mol. The van der Waals surface area contributed by atoms with Gasteiger partial charge in [-0.05, 0) is 38.0 Å². The van der Waals surface area contributed by atoms with E-state index in [0.717, 1.165) is 11.1 Å². The molecule has 3 amide bonds. The maximum atomic E-state index is 13.5. The number of furan rings is 1. The Bertz CT molecular complexity index is 1180. The second-order valence-corrected chi connectivity index (χ2v) is 8.73. The van der Waals surface area contributed by atoms with Gasteiger partial charge in [0, 0.05) is 13.1 Å². The van der Waals surface area contributed by atoms with Crippen LogP contribution in [0, 0.1) is 6.92 Å². The van der Waals surface area contributed by atoms with E-state index >= 15 is 0 Å². The molecule has 34 heavy (non-hydrogen) atoms. The van der Waals surface area contributed by atoms with Gasteiger partial charge in [-0.3, -0.25) is 14.4 Å². The molecule has 0 spiro atoms. The number of hydrogen-bond donors (Lipinski definition) is 2. The van der Waals surface area contributed by atoms with Crippen molar-refractivity contribution in [1.29, 1.82) is 0 Å². The summed E-state index contributed by atoms with van der Waals surface area (Å²) in [6, 6.07) is 11.4. The third-order valence-electron chi connectivity index (χ3n) is 6.09. The second-order valence-electron chi connectivity index (χ2n) is 8.73. The summed E-state index contributed by atoms with van der Waals surface area (Å²) in [5.41, 5.74) is 1.23. The molecule has 3 heterocycles. The maximum Gasteiger partial charge on any atom is 0.273 e. The van der Waals surface area contributed by atoms with Gasteiger partial charge in [-0.15, -0.1) is 0 Å². The number of imidazole rings is 1. The minimum atomic E-state index is -1.12. The molecule has 178 valence electrons. The van der Waals surface area contributed by atoms with Crippen molar-refractivity contribution in [3.63, 3.8) is 0 Å². The minimum Gasteiger partial charge on any atom is -0.467 e. The standard InChI is InChI=1S/C25H29N5O4/c1-4-11-30-23(32)21-20(22(31)26-14-19-6-5-12-34-19)28-16-29(21)15-25(30,3)24(33)27-13-18-9-7-17(2)8-10-18/h5-10,12,16H,4,11,13-15H2,1-3H3,(H,26,31)(H,27,33)/t25-/m0/s1. The zero-order valence-corrected chi connectivity index (χ0v) is 19.6. The summed E-state index contributed by atoms with van der Waals surface area (Å²) >= 11 is 0. The summed E-state index contributed by atoms with van der Waals surface area (Å²) in [6.07, 6.45) is 3.64. The van der Waals surface area contributed by atoms with E-state index in [1.165, 1.54) is 12.6 Å². The largest absolute Gasteiger partial charge is 0.467 e. The molecule has 9 nitrogen and oxygen atoms in total. The highest BCUT2D eigenvalue weighted by atomic mass is 16.3. The van der Waals surface area contributed by atoms with Gasteiger partial charge in [-0.2, -0.15) is 0 Å². The van der Waals surface area contributed by atoms with Gasteiger partial charge in [0.2, 0.25) is 5.91 Å². The van der Waals surface area contributed by atoms with Gasteiger partial charge in [-0.1, -0.05) is 36.8 Å². The van der Waals surface area contributed by atoms with E-state index in [2.05, 4.69) is 15.6 Å². The molecule has 1 aliphatic rings. The van der Waals surface area contributed by atoms with E-state index in [9.17, 15) is 14.4 Å². The average Bonchev–Trinajstić information content (AvgIpc) is 3.49. The van der Waals surface area contributed by atoms with E-state index in [-0.39, 0.29) is 36.3 Å². The Kier molecular flexibility index (Phi) is 6.54. The number of aromatic nitrogens is 2. The Morgan fingerprint density at radius 2 is 1.91 bits per heavy atom. The number of amides is 3. The first-order chi connectivity index (χ1) is 16.3. The summed E-state index contributed by atoms with van der Waals surface area (Å²) in [5.74, 6) is -0.514. The zero-order chi connectivity index (χ0) is 24.3. The van der Waals surface area contributed by atoms with Crippen molar-refractivity contribution in [3.8, 4) is 0 Å². The first-order valence-electron chi connectivity index (χ1n) is 11.3.